The van der Waals surface area contributed by atoms with Crippen LogP contribution in [0.2, 0.25) is 0 Å². The molecule has 0 aromatic heterocycles. The minimum atomic E-state index is -0.132. The number of halogens is 1. The predicted molar refractivity (Wildman–Crippen MR) is 97.1 cm³/mol. The van der Waals surface area contributed by atoms with Crippen molar-refractivity contribution in [1.29, 1.82) is 0 Å². The van der Waals surface area contributed by atoms with Gasteiger partial charge in [0.25, 0.3) is 5.91 Å². The Morgan fingerprint density at radius 3 is 2.96 bits per heavy atom. The lowest BCUT2D eigenvalue weighted by Crippen LogP contribution is -2.28. The lowest BCUT2D eigenvalue weighted by molar-refractivity contribution is -0.117. The average molecular weight is 388 g/mol. The number of benzene rings is 2. The maximum Gasteiger partial charge on any atom is 0.250 e. The van der Waals surface area contributed by atoms with E-state index in [0.29, 0.717) is 18.7 Å². The van der Waals surface area contributed by atoms with Crippen LogP contribution in [0.4, 0.5) is 0 Å². The number of para-hydroxylation sites is 1. The molecule has 3 rings (SSSR count). The number of hydrogen-bond acceptors (Lipinski definition) is 3. The van der Waals surface area contributed by atoms with Crippen molar-refractivity contribution in [2.24, 2.45) is 0 Å². The van der Waals surface area contributed by atoms with Gasteiger partial charge in [-0.25, -0.2) is 0 Å². The van der Waals surface area contributed by atoms with Crippen LogP contribution in [0.15, 0.2) is 52.5 Å². The van der Waals surface area contributed by atoms with Crippen molar-refractivity contribution in [3.63, 3.8) is 0 Å². The molecule has 24 heavy (non-hydrogen) atoms. The van der Waals surface area contributed by atoms with E-state index in [4.69, 9.17) is 9.47 Å². The Kier molecular flexibility index (Phi) is 5.20. The molecule has 0 fully saturated rings. The predicted octanol–water partition coefficient (Wildman–Crippen LogP) is 3.94. The highest BCUT2D eigenvalue weighted by Crippen LogP contribution is 2.29. The van der Waals surface area contributed by atoms with Crippen molar-refractivity contribution >= 4 is 27.9 Å². The minimum Gasteiger partial charge on any atom is -0.494 e. The molecule has 0 atom stereocenters. The number of rotatable bonds is 5. The fourth-order valence-corrected chi connectivity index (χ4v) is 2.89. The topological polar surface area (TPSA) is 47.6 Å². The van der Waals surface area contributed by atoms with Gasteiger partial charge in [0.15, 0.2) is 0 Å². The van der Waals surface area contributed by atoms with Crippen LogP contribution in [0.1, 0.15) is 18.1 Å². The van der Waals surface area contributed by atoms with Gasteiger partial charge in [0.05, 0.1) is 12.2 Å². The largest absolute Gasteiger partial charge is 0.494 e. The SMILES string of the molecule is CCOc1ccccc1CNC(=O)C1=Cc2cc(Br)ccc2OC1. The van der Waals surface area contributed by atoms with Crippen LogP contribution < -0.4 is 14.8 Å². The van der Waals surface area contributed by atoms with Crippen LogP contribution in [-0.4, -0.2) is 19.1 Å². The molecule has 0 aliphatic carbocycles. The molecule has 1 amide bonds. The van der Waals surface area contributed by atoms with Crippen molar-refractivity contribution in [1.82, 2.24) is 5.32 Å². The molecular formula is C19H18BrNO3. The molecule has 2 aromatic carbocycles. The number of carbonyl (C=O) groups excluding carboxylic acids is 1. The number of ether oxygens (including phenoxy) is 2. The van der Waals surface area contributed by atoms with E-state index in [-0.39, 0.29) is 12.5 Å². The fourth-order valence-electron chi connectivity index (χ4n) is 2.51. The Hall–Kier alpha value is -2.27. The maximum absolute atomic E-state index is 12.4. The molecule has 0 unspecified atom stereocenters. The lowest BCUT2D eigenvalue weighted by Gasteiger charge is -2.18. The zero-order valence-corrected chi connectivity index (χ0v) is 14.9. The molecule has 1 heterocycles. The second-order valence-corrected chi connectivity index (χ2v) is 6.28. The van der Waals surface area contributed by atoms with Crippen molar-refractivity contribution in [3.8, 4) is 11.5 Å². The maximum atomic E-state index is 12.4. The number of carbonyl (C=O) groups is 1. The van der Waals surface area contributed by atoms with Crippen molar-refractivity contribution in [3.05, 3.63) is 63.6 Å². The van der Waals surface area contributed by atoms with E-state index in [2.05, 4.69) is 21.2 Å². The van der Waals surface area contributed by atoms with Crippen LogP contribution in [-0.2, 0) is 11.3 Å². The summed E-state index contributed by atoms with van der Waals surface area (Å²) in [5, 5.41) is 2.93. The Balaban J connectivity index is 1.70. The monoisotopic (exact) mass is 387 g/mol. The molecular weight excluding hydrogens is 370 g/mol. The molecule has 0 bridgehead atoms. The molecule has 1 aliphatic rings. The molecule has 1 aliphatic heterocycles. The third kappa shape index (κ3) is 3.79. The Morgan fingerprint density at radius 2 is 2.12 bits per heavy atom. The summed E-state index contributed by atoms with van der Waals surface area (Å²) in [6.07, 6.45) is 1.87. The van der Waals surface area contributed by atoms with Gasteiger partial charge in [0.2, 0.25) is 0 Å². The van der Waals surface area contributed by atoms with E-state index >= 15 is 0 Å². The van der Waals surface area contributed by atoms with Gasteiger partial charge in [-0.2, -0.15) is 0 Å². The second-order valence-electron chi connectivity index (χ2n) is 5.36. The molecule has 4 nitrogen and oxygen atoms in total. The fraction of sp³-hybridized carbons (Fsp3) is 0.211. The summed E-state index contributed by atoms with van der Waals surface area (Å²) in [5.74, 6) is 1.45. The van der Waals surface area contributed by atoms with Crippen molar-refractivity contribution in [2.45, 2.75) is 13.5 Å². The molecule has 0 saturated heterocycles. The van der Waals surface area contributed by atoms with E-state index < -0.39 is 0 Å². The van der Waals surface area contributed by atoms with E-state index in [0.717, 1.165) is 27.1 Å². The lowest BCUT2D eigenvalue weighted by atomic mass is 10.1. The number of amides is 1. The van der Waals surface area contributed by atoms with E-state index in [9.17, 15) is 4.79 Å². The van der Waals surface area contributed by atoms with Crippen LogP contribution in [0.3, 0.4) is 0 Å². The highest BCUT2D eigenvalue weighted by Gasteiger charge is 2.17. The summed E-state index contributed by atoms with van der Waals surface area (Å²) < 4.78 is 12.2. The van der Waals surface area contributed by atoms with E-state index in [1.54, 1.807) is 0 Å². The summed E-state index contributed by atoms with van der Waals surface area (Å²) >= 11 is 3.43. The molecule has 2 aromatic rings. The summed E-state index contributed by atoms with van der Waals surface area (Å²) in [6.45, 7) is 3.22. The van der Waals surface area contributed by atoms with Crippen molar-refractivity contribution < 1.29 is 14.3 Å². The summed E-state index contributed by atoms with van der Waals surface area (Å²) in [6, 6.07) is 13.5. The van der Waals surface area contributed by atoms with Gasteiger partial charge in [-0.3, -0.25) is 4.79 Å². The van der Waals surface area contributed by atoms with Gasteiger partial charge in [-0.15, -0.1) is 0 Å². The Morgan fingerprint density at radius 1 is 1.29 bits per heavy atom. The number of fused-ring (bicyclic) bond motifs is 1. The zero-order chi connectivity index (χ0) is 16.9. The number of hydrogen-bond donors (Lipinski definition) is 1. The first kappa shape index (κ1) is 16.6. The van der Waals surface area contributed by atoms with Gasteiger partial charge in [0.1, 0.15) is 18.1 Å². The normalized spacial score (nSPS) is 12.7. The first-order valence-corrected chi connectivity index (χ1v) is 8.58. The third-order valence-corrected chi connectivity index (χ3v) is 4.18. The summed E-state index contributed by atoms with van der Waals surface area (Å²) in [7, 11) is 0. The minimum absolute atomic E-state index is 0.132. The molecule has 0 spiro atoms. The molecule has 124 valence electrons. The van der Waals surface area contributed by atoms with Gasteiger partial charge < -0.3 is 14.8 Å². The van der Waals surface area contributed by atoms with E-state index in [1.165, 1.54) is 0 Å². The Labute approximate surface area is 149 Å². The molecule has 5 heteroatoms. The summed E-state index contributed by atoms with van der Waals surface area (Å²) in [5.41, 5.74) is 2.46. The van der Waals surface area contributed by atoms with Crippen LogP contribution in [0.5, 0.6) is 11.5 Å². The smallest absolute Gasteiger partial charge is 0.250 e. The van der Waals surface area contributed by atoms with E-state index in [1.807, 2.05) is 55.5 Å². The highest BCUT2D eigenvalue weighted by molar-refractivity contribution is 9.10. The molecule has 1 N–H and O–H groups in total. The van der Waals surface area contributed by atoms with Gasteiger partial charge >= 0.3 is 0 Å². The standard InChI is InChI=1S/C19H18BrNO3/c1-2-23-17-6-4-3-5-13(17)11-21-19(22)15-9-14-10-16(20)7-8-18(14)24-12-15/h3-10H,2,11-12H2,1H3,(H,21,22). The zero-order valence-electron chi connectivity index (χ0n) is 13.3. The van der Waals surface area contributed by atoms with Crippen LogP contribution in [0.25, 0.3) is 6.08 Å². The van der Waals surface area contributed by atoms with Crippen molar-refractivity contribution in [2.75, 3.05) is 13.2 Å². The summed E-state index contributed by atoms with van der Waals surface area (Å²) in [4.78, 5) is 12.4. The van der Waals surface area contributed by atoms with Gasteiger partial charge in [-0.05, 0) is 37.3 Å². The first-order chi connectivity index (χ1) is 11.7. The van der Waals surface area contributed by atoms with Gasteiger partial charge in [-0.1, -0.05) is 34.1 Å². The molecule has 0 saturated carbocycles. The molecule has 0 radical (unpaired) electrons. The van der Waals surface area contributed by atoms with Gasteiger partial charge in [0, 0.05) is 22.1 Å². The quantitative estimate of drug-likeness (QED) is 0.844. The van der Waals surface area contributed by atoms with Crippen LogP contribution in [0, 0.1) is 0 Å². The Bertz CT molecular complexity index is 786. The second kappa shape index (κ2) is 7.53. The van der Waals surface area contributed by atoms with Crippen LogP contribution >= 0.6 is 15.9 Å². The number of nitrogens with one attached hydrogen (secondary N) is 1. The third-order valence-electron chi connectivity index (χ3n) is 3.69. The highest BCUT2D eigenvalue weighted by atomic mass is 79.9. The first-order valence-electron chi connectivity index (χ1n) is 7.79. The average Bonchev–Trinajstić information content (AvgIpc) is 2.60.